The van der Waals surface area contributed by atoms with Gasteiger partial charge < -0.3 is 9.73 Å². The van der Waals surface area contributed by atoms with Crippen LogP contribution < -0.4 is 5.32 Å². The Labute approximate surface area is 154 Å². The van der Waals surface area contributed by atoms with Gasteiger partial charge in [-0.3, -0.25) is 4.79 Å². The van der Waals surface area contributed by atoms with E-state index in [1.807, 2.05) is 48.5 Å². The van der Waals surface area contributed by atoms with Gasteiger partial charge in [0, 0.05) is 17.3 Å². The zero-order valence-corrected chi connectivity index (χ0v) is 14.2. The van der Waals surface area contributed by atoms with Gasteiger partial charge in [-0.1, -0.05) is 48.5 Å². The van der Waals surface area contributed by atoms with Crippen molar-refractivity contribution >= 4 is 23.4 Å². The van der Waals surface area contributed by atoms with Gasteiger partial charge in [-0.15, -0.1) is 5.10 Å². The van der Waals surface area contributed by atoms with Crippen LogP contribution in [-0.2, 0) is 4.79 Å². The van der Waals surface area contributed by atoms with E-state index in [1.54, 1.807) is 30.3 Å². The molecule has 2 heterocycles. The highest BCUT2D eigenvalue weighted by atomic mass is 16.3. The first-order valence-electron chi connectivity index (χ1n) is 8.27. The molecule has 1 amide bonds. The van der Waals surface area contributed by atoms with Gasteiger partial charge >= 0.3 is 0 Å². The van der Waals surface area contributed by atoms with E-state index < -0.39 is 0 Å². The molecular weight excluding hydrogens is 342 g/mol. The Bertz CT molecular complexity index is 1050. The van der Waals surface area contributed by atoms with Crippen LogP contribution >= 0.6 is 0 Å². The lowest BCUT2D eigenvalue weighted by Gasteiger charge is -2.10. The molecule has 7 heteroatoms. The molecule has 2 aromatic heterocycles. The summed E-state index contributed by atoms with van der Waals surface area (Å²) in [5.41, 5.74) is 1.69. The minimum Gasteiger partial charge on any atom is -0.465 e. The van der Waals surface area contributed by atoms with Crippen LogP contribution in [0.1, 0.15) is 5.76 Å². The summed E-state index contributed by atoms with van der Waals surface area (Å²) in [5, 5.41) is 14.7. The lowest BCUT2D eigenvalue weighted by atomic mass is 10.2. The third-order valence-electron chi connectivity index (χ3n) is 3.82. The number of para-hydroxylation sites is 1. The fourth-order valence-electron chi connectivity index (χ4n) is 2.56. The Hall–Kier alpha value is -4.00. The van der Waals surface area contributed by atoms with E-state index in [9.17, 15) is 4.79 Å². The summed E-state index contributed by atoms with van der Waals surface area (Å²) in [4.78, 5) is 13.0. The van der Waals surface area contributed by atoms with Crippen molar-refractivity contribution in [3.8, 4) is 11.4 Å². The number of nitrogens with one attached hydrogen (secondary N) is 1. The molecule has 0 aliphatic heterocycles. The van der Waals surface area contributed by atoms with E-state index in [4.69, 9.17) is 4.42 Å². The number of rotatable bonds is 5. The maximum atomic E-state index is 13.0. The second-order valence-electron chi connectivity index (χ2n) is 5.65. The molecule has 7 nitrogen and oxygen atoms in total. The standard InChI is InChI=1S/C20H15N5O2/c26-20(21-16-10-5-2-6-11-16)18(14-17-12-7-13-27-17)25-19(22-23-24-25)15-8-3-1-4-9-15/h1-14H,(H,21,26)/b18-14+. The molecule has 4 aromatic rings. The summed E-state index contributed by atoms with van der Waals surface area (Å²) in [6.07, 6.45) is 3.14. The Morgan fingerprint density at radius 1 is 0.963 bits per heavy atom. The Balaban J connectivity index is 1.76. The summed E-state index contributed by atoms with van der Waals surface area (Å²) in [6.45, 7) is 0. The van der Waals surface area contributed by atoms with Crippen LogP contribution in [0.3, 0.4) is 0 Å². The van der Waals surface area contributed by atoms with Gasteiger partial charge in [0.15, 0.2) is 5.82 Å². The molecule has 27 heavy (non-hydrogen) atoms. The van der Waals surface area contributed by atoms with E-state index >= 15 is 0 Å². The number of anilines is 1. The number of aromatic nitrogens is 4. The maximum Gasteiger partial charge on any atom is 0.274 e. The minimum atomic E-state index is -0.359. The van der Waals surface area contributed by atoms with Crippen LogP contribution in [0.4, 0.5) is 5.69 Å². The van der Waals surface area contributed by atoms with Crippen molar-refractivity contribution in [1.82, 2.24) is 20.2 Å². The molecule has 0 bridgehead atoms. The van der Waals surface area contributed by atoms with Crippen LogP contribution in [0.5, 0.6) is 0 Å². The van der Waals surface area contributed by atoms with Crippen LogP contribution in [-0.4, -0.2) is 26.1 Å². The van der Waals surface area contributed by atoms with Crippen molar-refractivity contribution in [1.29, 1.82) is 0 Å². The smallest absolute Gasteiger partial charge is 0.274 e. The average molecular weight is 357 g/mol. The molecular formula is C20H15N5O2. The van der Waals surface area contributed by atoms with E-state index in [1.165, 1.54) is 10.9 Å². The van der Waals surface area contributed by atoms with Gasteiger partial charge in [0.1, 0.15) is 11.5 Å². The van der Waals surface area contributed by atoms with Gasteiger partial charge in [-0.2, -0.15) is 4.68 Å². The lowest BCUT2D eigenvalue weighted by Crippen LogP contribution is -2.19. The third-order valence-corrected chi connectivity index (χ3v) is 3.82. The van der Waals surface area contributed by atoms with E-state index in [2.05, 4.69) is 20.8 Å². The molecule has 0 atom stereocenters. The summed E-state index contributed by atoms with van der Waals surface area (Å²) in [7, 11) is 0. The second kappa shape index (κ2) is 7.49. The highest BCUT2D eigenvalue weighted by molar-refractivity contribution is 6.24. The van der Waals surface area contributed by atoms with Gasteiger partial charge in [-0.25, -0.2) is 0 Å². The minimum absolute atomic E-state index is 0.234. The highest BCUT2D eigenvalue weighted by Crippen LogP contribution is 2.21. The van der Waals surface area contributed by atoms with Crippen molar-refractivity contribution < 1.29 is 9.21 Å². The number of carbonyl (C=O) groups excluding carboxylic acids is 1. The fourth-order valence-corrected chi connectivity index (χ4v) is 2.56. The molecule has 0 spiro atoms. The van der Waals surface area contributed by atoms with Gasteiger partial charge in [0.25, 0.3) is 5.91 Å². The third kappa shape index (κ3) is 3.67. The predicted octanol–water partition coefficient (Wildman–Crippen LogP) is 3.57. The first kappa shape index (κ1) is 16.5. The van der Waals surface area contributed by atoms with Crippen LogP contribution in [0.15, 0.2) is 83.5 Å². The molecule has 0 saturated carbocycles. The number of furan rings is 1. The zero-order valence-electron chi connectivity index (χ0n) is 14.2. The van der Waals surface area contributed by atoms with Crippen molar-refractivity contribution in [2.75, 3.05) is 5.32 Å². The largest absolute Gasteiger partial charge is 0.465 e. The average Bonchev–Trinajstić information content (AvgIpc) is 3.39. The number of benzene rings is 2. The molecule has 0 saturated heterocycles. The number of nitrogens with zero attached hydrogens (tertiary/aromatic N) is 4. The number of carbonyl (C=O) groups is 1. The summed E-state index contributed by atoms with van der Waals surface area (Å²) < 4.78 is 6.77. The normalized spacial score (nSPS) is 11.3. The van der Waals surface area contributed by atoms with Crippen molar-refractivity contribution in [3.63, 3.8) is 0 Å². The Kier molecular flexibility index (Phi) is 4.57. The summed E-state index contributed by atoms with van der Waals surface area (Å²) in [5.74, 6) is 0.612. The molecule has 0 aliphatic rings. The van der Waals surface area contributed by atoms with Crippen LogP contribution in [0, 0.1) is 0 Å². The van der Waals surface area contributed by atoms with Crippen LogP contribution in [0.2, 0.25) is 0 Å². The predicted molar refractivity (Wildman–Crippen MR) is 101 cm³/mol. The number of hydrogen-bond acceptors (Lipinski definition) is 5. The lowest BCUT2D eigenvalue weighted by molar-refractivity contribution is -0.111. The Morgan fingerprint density at radius 2 is 1.70 bits per heavy atom. The highest BCUT2D eigenvalue weighted by Gasteiger charge is 2.20. The fraction of sp³-hybridized carbons (Fsp3) is 0. The van der Waals surface area contributed by atoms with Crippen LogP contribution in [0.25, 0.3) is 23.2 Å². The SMILES string of the molecule is O=C(Nc1ccccc1)/C(=C\c1ccco1)n1nnnc1-c1ccccc1. The monoisotopic (exact) mass is 357 g/mol. The van der Waals surface area contributed by atoms with E-state index in [0.29, 0.717) is 17.3 Å². The second-order valence-corrected chi connectivity index (χ2v) is 5.65. The summed E-state index contributed by atoms with van der Waals surface area (Å²) in [6, 6.07) is 22.1. The first-order chi connectivity index (χ1) is 13.3. The van der Waals surface area contributed by atoms with Crippen molar-refractivity contribution in [3.05, 3.63) is 84.8 Å². The number of tetrazole rings is 1. The zero-order chi connectivity index (χ0) is 18.5. The molecule has 0 radical (unpaired) electrons. The van der Waals surface area contributed by atoms with Gasteiger partial charge in [0.2, 0.25) is 0 Å². The molecule has 4 rings (SSSR count). The molecule has 0 fully saturated rings. The maximum absolute atomic E-state index is 13.0. The Morgan fingerprint density at radius 3 is 2.41 bits per heavy atom. The number of amides is 1. The topological polar surface area (TPSA) is 85.8 Å². The first-order valence-corrected chi connectivity index (χ1v) is 8.27. The summed E-state index contributed by atoms with van der Waals surface area (Å²) >= 11 is 0. The van der Waals surface area contributed by atoms with E-state index in [0.717, 1.165) is 5.56 Å². The number of hydrogen-bond donors (Lipinski definition) is 1. The quantitative estimate of drug-likeness (QED) is 0.552. The molecule has 0 unspecified atom stereocenters. The molecule has 0 aliphatic carbocycles. The van der Waals surface area contributed by atoms with Crippen molar-refractivity contribution in [2.24, 2.45) is 0 Å². The van der Waals surface area contributed by atoms with Gasteiger partial charge in [-0.05, 0) is 34.7 Å². The molecule has 1 N–H and O–H groups in total. The van der Waals surface area contributed by atoms with E-state index in [-0.39, 0.29) is 11.6 Å². The van der Waals surface area contributed by atoms with Gasteiger partial charge in [0.05, 0.1) is 6.26 Å². The molecule has 132 valence electrons. The molecule has 2 aromatic carbocycles. The van der Waals surface area contributed by atoms with Crippen molar-refractivity contribution in [2.45, 2.75) is 0 Å².